The highest BCUT2D eigenvalue weighted by Crippen LogP contribution is 2.52. The van der Waals surface area contributed by atoms with Gasteiger partial charge in [0.2, 0.25) is 0 Å². The Morgan fingerprint density at radius 2 is 2.29 bits per heavy atom. The van der Waals surface area contributed by atoms with Crippen molar-refractivity contribution in [3.05, 3.63) is 24.3 Å². The number of nitrogens with zero attached hydrogens (tertiary/aromatic N) is 1. The third kappa shape index (κ3) is 2.19. The first kappa shape index (κ1) is 15.5. The molecule has 4 unspecified atom stereocenters. The number of carbonyl (C=O) groups excluding carboxylic acids is 1. The quantitative estimate of drug-likeness (QED) is 0.446. The lowest BCUT2D eigenvalue weighted by Gasteiger charge is -2.48. The van der Waals surface area contributed by atoms with Gasteiger partial charge in [0.15, 0.2) is 0 Å². The second-order valence-corrected chi connectivity index (χ2v) is 7.66. The number of halogens is 1. The van der Waals surface area contributed by atoms with Gasteiger partial charge in [0.05, 0.1) is 13.2 Å². The van der Waals surface area contributed by atoms with Crippen molar-refractivity contribution in [3.8, 4) is 0 Å². The van der Waals surface area contributed by atoms with Crippen LogP contribution in [-0.2, 0) is 9.53 Å². The van der Waals surface area contributed by atoms with Gasteiger partial charge in [0.1, 0.15) is 6.04 Å². The Morgan fingerprint density at radius 3 is 2.86 bits per heavy atom. The van der Waals surface area contributed by atoms with Gasteiger partial charge in [-0.15, -0.1) is 0 Å². The zero-order valence-electron chi connectivity index (χ0n) is 12.4. The molecule has 0 radical (unpaired) electrons. The summed E-state index contributed by atoms with van der Waals surface area (Å²) >= 11 is 2.41. The highest BCUT2D eigenvalue weighted by atomic mass is 127. The Balaban J connectivity index is 2.02. The first-order valence-corrected chi connectivity index (χ1v) is 8.83. The maximum absolute atomic E-state index is 12.4. The molecule has 1 aliphatic heterocycles. The minimum atomic E-state index is -0.347. The Morgan fingerprint density at radius 1 is 1.52 bits per heavy atom. The summed E-state index contributed by atoms with van der Waals surface area (Å²) in [6.07, 6.45) is 10.6. The van der Waals surface area contributed by atoms with Crippen molar-refractivity contribution in [2.45, 2.75) is 53.8 Å². The lowest BCUT2D eigenvalue weighted by atomic mass is 9.82. The van der Waals surface area contributed by atoms with Gasteiger partial charge in [0.25, 0.3) is 0 Å². The molecule has 1 saturated carbocycles. The molecule has 5 heteroatoms. The highest BCUT2D eigenvalue weighted by molar-refractivity contribution is 14.1. The van der Waals surface area contributed by atoms with Crippen LogP contribution in [0, 0.1) is 5.92 Å². The molecule has 1 saturated heterocycles. The van der Waals surface area contributed by atoms with E-state index in [2.05, 4.69) is 52.6 Å². The molecule has 0 aromatic rings. The van der Waals surface area contributed by atoms with Gasteiger partial charge in [-0.05, 0) is 19.3 Å². The van der Waals surface area contributed by atoms with E-state index in [1.54, 1.807) is 0 Å². The van der Waals surface area contributed by atoms with Crippen molar-refractivity contribution >= 4 is 28.6 Å². The summed E-state index contributed by atoms with van der Waals surface area (Å²) in [5, 5.41) is 10.4. The van der Waals surface area contributed by atoms with E-state index in [1.807, 2.05) is 6.08 Å². The van der Waals surface area contributed by atoms with Crippen LogP contribution in [0.5, 0.6) is 0 Å². The SMILES string of the molecule is CC[C@]1(N2C(C(=O)OC)C3CC(O)[C@H]2C3I)C=CC=CC1. The number of methoxy groups -OCH3 is 1. The number of piperidine rings is 1. The van der Waals surface area contributed by atoms with Gasteiger partial charge in [-0.1, -0.05) is 53.8 Å². The van der Waals surface area contributed by atoms with Crippen molar-refractivity contribution < 1.29 is 14.6 Å². The Labute approximate surface area is 139 Å². The van der Waals surface area contributed by atoms with Crippen LogP contribution < -0.4 is 0 Å². The molecule has 116 valence electrons. The lowest BCUT2D eigenvalue weighted by molar-refractivity contribution is -0.154. The molecule has 3 aliphatic rings. The zero-order valence-corrected chi connectivity index (χ0v) is 14.6. The maximum atomic E-state index is 12.4. The van der Waals surface area contributed by atoms with Gasteiger partial charge < -0.3 is 9.84 Å². The fraction of sp³-hybridized carbons (Fsp3) is 0.688. The number of allylic oxidation sites excluding steroid dienone is 2. The van der Waals surface area contributed by atoms with Crippen molar-refractivity contribution in [1.29, 1.82) is 0 Å². The second-order valence-electron chi connectivity index (χ2n) is 6.23. The molecular formula is C16H22INO3. The van der Waals surface area contributed by atoms with Crippen LogP contribution in [0.1, 0.15) is 26.2 Å². The van der Waals surface area contributed by atoms with Crippen LogP contribution in [0.2, 0.25) is 0 Å². The number of fused-ring (bicyclic) bond motifs is 2. The van der Waals surface area contributed by atoms with E-state index in [-0.39, 0.29) is 35.6 Å². The molecule has 3 rings (SSSR count). The van der Waals surface area contributed by atoms with Crippen LogP contribution in [0.3, 0.4) is 0 Å². The molecule has 0 spiro atoms. The standard InChI is InChI=1S/C16H22INO3/c1-3-16(7-5-4-6-8-16)18-13(15(20)21-2)10-9-11(19)14(18)12(10)17/h4-7,10-14,19H,3,8-9H2,1-2H3/t10?,11?,12?,13?,14-,16-/m0/s1. The number of ether oxygens (including phenoxy) is 1. The van der Waals surface area contributed by atoms with Crippen LogP contribution in [0.4, 0.5) is 0 Å². The predicted octanol–water partition coefficient (Wildman–Crippen LogP) is 2.06. The highest BCUT2D eigenvalue weighted by Gasteiger charge is 2.63. The van der Waals surface area contributed by atoms with Gasteiger partial charge >= 0.3 is 5.97 Å². The molecular weight excluding hydrogens is 381 g/mol. The summed E-state index contributed by atoms with van der Waals surface area (Å²) in [5.74, 6) is 0.0209. The molecule has 0 aromatic heterocycles. The fourth-order valence-corrected chi connectivity index (χ4v) is 5.83. The van der Waals surface area contributed by atoms with E-state index in [4.69, 9.17) is 4.74 Å². The molecule has 0 amide bonds. The third-order valence-electron chi connectivity index (χ3n) is 5.36. The first-order valence-electron chi connectivity index (χ1n) is 7.58. The molecule has 2 fully saturated rings. The molecule has 1 N–H and O–H groups in total. The van der Waals surface area contributed by atoms with Gasteiger partial charge in [-0.25, -0.2) is 0 Å². The predicted molar refractivity (Wildman–Crippen MR) is 89.3 cm³/mol. The molecule has 4 nitrogen and oxygen atoms in total. The summed E-state index contributed by atoms with van der Waals surface area (Å²) < 4.78 is 5.37. The van der Waals surface area contributed by atoms with Crippen molar-refractivity contribution in [3.63, 3.8) is 0 Å². The average Bonchev–Trinajstić information content (AvgIpc) is 2.96. The molecule has 0 aromatic carbocycles. The molecule has 21 heavy (non-hydrogen) atoms. The van der Waals surface area contributed by atoms with E-state index < -0.39 is 0 Å². The number of aliphatic hydroxyl groups excluding tert-OH is 1. The first-order chi connectivity index (χ1) is 10.1. The largest absolute Gasteiger partial charge is 0.468 e. The molecule has 6 atom stereocenters. The number of likely N-dealkylation sites (tertiary alicyclic amines) is 1. The number of rotatable bonds is 3. The summed E-state index contributed by atoms with van der Waals surface area (Å²) in [5.41, 5.74) is -0.183. The Bertz CT molecular complexity index is 492. The average molecular weight is 403 g/mol. The maximum Gasteiger partial charge on any atom is 0.323 e. The Hall–Kier alpha value is -0.400. The van der Waals surface area contributed by atoms with E-state index in [0.29, 0.717) is 10.3 Å². The topological polar surface area (TPSA) is 49.8 Å². The number of esters is 1. The van der Waals surface area contributed by atoms with Crippen LogP contribution in [0.25, 0.3) is 0 Å². The Kier molecular flexibility index (Phi) is 4.18. The number of carbonyl (C=O) groups is 1. The second kappa shape index (κ2) is 5.66. The summed E-state index contributed by atoms with van der Waals surface area (Å²) in [7, 11) is 1.46. The zero-order chi connectivity index (χ0) is 15.2. The van der Waals surface area contributed by atoms with Gasteiger partial charge in [0, 0.05) is 21.4 Å². The fourth-order valence-electron chi connectivity index (χ4n) is 4.32. The number of hydrogen-bond acceptors (Lipinski definition) is 4. The summed E-state index contributed by atoms with van der Waals surface area (Å²) in [6, 6.07) is -0.197. The van der Waals surface area contributed by atoms with Crippen LogP contribution in [0.15, 0.2) is 24.3 Å². The normalized spacial score (nSPS) is 45.2. The monoisotopic (exact) mass is 403 g/mol. The minimum Gasteiger partial charge on any atom is -0.468 e. The smallest absolute Gasteiger partial charge is 0.323 e. The van der Waals surface area contributed by atoms with Crippen molar-refractivity contribution in [2.24, 2.45) is 5.92 Å². The van der Waals surface area contributed by atoms with Crippen molar-refractivity contribution in [2.75, 3.05) is 7.11 Å². The van der Waals surface area contributed by atoms with E-state index in [1.165, 1.54) is 7.11 Å². The number of aliphatic hydroxyl groups is 1. The van der Waals surface area contributed by atoms with E-state index in [9.17, 15) is 9.90 Å². The van der Waals surface area contributed by atoms with Crippen LogP contribution in [-0.4, -0.2) is 50.7 Å². The molecule has 2 bridgehead atoms. The van der Waals surface area contributed by atoms with E-state index in [0.717, 1.165) is 12.8 Å². The van der Waals surface area contributed by atoms with Gasteiger partial charge in [-0.3, -0.25) is 9.69 Å². The summed E-state index contributed by atoms with van der Waals surface area (Å²) in [4.78, 5) is 14.6. The van der Waals surface area contributed by atoms with E-state index >= 15 is 0 Å². The third-order valence-corrected chi connectivity index (χ3v) is 7.02. The number of alkyl halides is 1. The molecule has 2 aliphatic carbocycles. The minimum absolute atomic E-state index is 0.0378. The van der Waals surface area contributed by atoms with Gasteiger partial charge in [-0.2, -0.15) is 0 Å². The van der Waals surface area contributed by atoms with Crippen molar-refractivity contribution in [1.82, 2.24) is 4.90 Å². The molecule has 1 heterocycles. The number of hydrogen-bond donors (Lipinski definition) is 1. The summed E-state index contributed by atoms with van der Waals surface area (Å²) in [6.45, 7) is 2.15. The lowest BCUT2D eigenvalue weighted by Crippen LogP contribution is -2.61. The van der Waals surface area contributed by atoms with Crippen LogP contribution >= 0.6 is 22.6 Å².